The Labute approximate surface area is 108 Å². The Morgan fingerprint density at radius 3 is 2.44 bits per heavy atom. The molecule has 2 aliphatic carbocycles. The number of hydrogen-bond acceptors (Lipinski definition) is 2. The van der Waals surface area contributed by atoms with Crippen molar-refractivity contribution in [1.29, 1.82) is 0 Å². The van der Waals surface area contributed by atoms with Gasteiger partial charge in [-0.25, -0.2) is 0 Å². The van der Waals surface area contributed by atoms with Gasteiger partial charge in [-0.05, 0) is 38.0 Å². The van der Waals surface area contributed by atoms with Crippen molar-refractivity contribution in [2.45, 2.75) is 57.9 Å². The van der Waals surface area contributed by atoms with Crippen LogP contribution in [-0.4, -0.2) is 23.0 Å². The Balaban J connectivity index is 1.82. The second-order valence-corrected chi connectivity index (χ2v) is 5.92. The Morgan fingerprint density at radius 2 is 1.83 bits per heavy atom. The first-order chi connectivity index (χ1) is 8.58. The molecule has 0 aliphatic heterocycles. The number of carbonyl (C=O) groups excluding carboxylic acids is 1. The molecule has 102 valence electrons. The van der Waals surface area contributed by atoms with Gasteiger partial charge in [-0.3, -0.25) is 9.59 Å². The molecule has 0 spiro atoms. The van der Waals surface area contributed by atoms with Crippen molar-refractivity contribution in [3.63, 3.8) is 0 Å². The van der Waals surface area contributed by atoms with Crippen LogP contribution < -0.4 is 5.32 Å². The smallest absolute Gasteiger partial charge is 0.306 e. The van der Waals surface area contributed by atoms with E-state index < -0.39 is 5.97 Å². The third kappa shape index (κ3) is 3.03. The third-order valence-electron chi connectivity index (χ3n) is 4.58. The van der Waals surface area contributed by atoms with Crippen molar-refractivity contribution in [2.75, 3.05) is 0 Å². The van der Waals surface area contributed by atoms with E-state index in [2.05, 4.69) is 12.2 Å². The normalized spacial score (nSPS) is 36.3. The van der Waals surface area contributed by atoms with Crippen LogP contribution in [0.2, 0.25) is 0 Å². The van der Waals surface area contributed by atoms with Gasteiger partial charge in [0, 0.05) is 12.0 Å². The lowest BCUT2D eigenvalue weighted by Gasteiger charge is -2.28. The highest BCUT2D eigenvalue weighted by atomic mass is 16.4. The summed E-state index contributed by atoms with van der Waals surface area (Å²) in [6.45, 7) is 2.15. The highest BCUT2D eigenvalue weighted by Crippen LogP contribution is 2.31. The monoisotopic (exact) mass is 253 g/mol. The maximum absolute atomic E-state index is 12.2. The Morgan fingerprint density at radius 1 is 1.11 bits per heavy atom. The van der Waals surface area contributed by atoms with E-state index in [4.69, 9.17) is 5.11 Å². The summed E-state index contributed by atoms with van der Waals surface area (Å²) >= 11 is 0. The molecule has 2 aliphatic rings. The Hall–Kier alpha value is -1.06. The molecule has 2 fully saturated rings. The van der Waals surface area contributed by atoms with Crippen molar-refractivity contribution in [3.05, 3.63) is 0 Å². The summed E-state index contributed by atoms with van der Waals surface area (Å²) in [5.74, 6) is -0.229. The van der Waals surface area contributed by atoms with E-state index in [-0.39, 0.29) is 23.8 Å². The van der Waals surface area contributed by atoms with Crippen LogP contribution in [0.25, 0.3) is 0 Å². The summed E-state index contributed by atoms with van der Waals surface area (Å²) in [6, 6.07) is 0.0766. The molecule has 0 aromatic carbocycles. The molecule has 4 heteroatoms. The standard InChI is InChI=1S/C14H23NO3/c1-9-4-2-3-5-12(9)13(16)15-11-7-6-10(8-11)14(17)18/h9-12H,2-8H2,1H3,(H,15,16)(H,17,18)/t9?,10-,11+,12?/m1/s1. The molecule has 0 saturated heterocycles. The largest absolute Gasteiger partial charge is 0.481 e. The van der Waals surface area contributed by atoms with Crippen LogP contribution in [-0.2, 0) is 9.59 Å². The van der Waals surface area contributed by atoms with Crippen LogP contribution in [0.4, 0.5) is 0 Å². The quantitative estimate of drug-likeness (QED) is 0.810. The second-order valence-electron chi connectivity index (χ2n) is 5.92. The van der Waals surface area contributed by atoms with Crippen molar-refractivity contribution < 1.29 is 14.7 Å². The molecular weight excluding hydrogens is 230 g/mol. The van der Waals surface area contributed by atoms with E-state index in [1.165, 1.54) is 6.42 Å². The zero-order valence-corrected chi connectivity index (χ0v) is 11.0. The fourth-order valence-electron chi connectivity index (χ4n) is 3.35. The average molecular weight is 253 g/mol. The zero-order chi connectivity index (χ0) is 13.1. The number of rotatable bonds is 3. The maximum atomic E-state index is 12.2. The second kappa shape index (κ2) is 5.72. The average Bonchev–Trinajstić information content (AvgIpc) is 2.78. The van der Waals surface area contributed by atoms with Gasteiger partial charge in [0.1, 0.15) is 0 Å². The molecule has 0 bridgehead atoms. The Bertz CT molecular complexity index is 329. The van der Waals surface area contributed by atoms with Crippen molar-refractivity contribution in [1.82, 2.24) is 5.32 Å². The molecule has 0 aromatic rings. The molecular formula is C14H23NO3. The predicted molar refractivity (Wildman–Crippen MR) is 68.0 cm³/mol. The first-order valence-corrected chi connectivity index (χ1v) is 7.11. The first kappa shape index (κ1) is 13.4. The number of hydrogen-bond donors (Lipinski definition) is 2. The van der Waals surface area contributed by atoms with Crippen molar-refractivity contribution in [3.8, 4) is 0 Å². The van der Waals surface area contributed by atoms with Gasteiger partial charge in [-0.15, -0.1) is 0 Å². The minimum atomic E-state index is -0.724. The molecule has 4 nitrogen and oxygen atoms in total. The summed E-state index contributed by atoms with van der Waals surface area (Å²) in [7, 11) is 0. The van der Waals surface area contributed by atoms with Gasteiger partial charge in [0.15, 0.2) is 0 Å². The van der Waals surface area contributed by atoms with E-state index in [9.17, 15) is 9.59 Å². The number of carboxylic acid groups (broad SMARTS) is 1. The summed E-state index contributed by atoms with van der Waals surface area (Å²) in [6.07, 6.45) is 6.61. The van der Waals surface area contributed by atoms with Crippen molar-refractivity contribution >= 4 is 11.9 Å². The SMILES string of the molecule is CC1CCCCC1C(=O)N[C@H]1CC[C@@H](C(=O)O)C1. The molecule has 2 N–H and O–H groups in total. The number of carbonyl (C=O) groups is 2. The molecule has 0 radical (unpaired) electrons. The summed E-state index contributed by atoms with van der Waals surface area (Å²) in [5, 5.41) is 12.0. The molecule has 0 heterocycles. The highest BCUT2D eigenvalue weighted by molar-refractivity contribution is 5.79. The summed E-state index contributed by atoms with van der Waals surface area (Å²) in [4.78, 5) is 23.1. The fourth-order valence-corrected chi connectivity index (χ4v) is 3.35. The van der Waals surface area contributed by atoms with E-state index >= 15 is 0 Å². The van der Waals surface area contributed by atoms with Crippen LogP contribution in [0.15, 0.2) is 0 Å². The van der Waals surface area contributed by atoms with Gasteiger partial charge in [0.25, 0.3) is 0 Å². The van der Waals surface area contributed by atoms with Gasteiger partial charge in [0.2, 0.25) is 5.91 Å². The van der Waals surface area contributed by atoms with Gasteiger partial charge in [-0.2, -0.15) is 0 Å². The van der Waals surface area contributed by atoms with E-state index in [0.29, 0.717) is 18.8 Å². The van der Waals surface area contributed by atoms with Crippen LogP contribution >= 0.6 is 0 Å². The highest BCUT2D eigenvalue weighted by Gasteiger charge is 2.33. The molecule has 0 aromatic heterocycles. The molecule has 18 heavy (non-hydrogen) atoms. The molecule has 1 amide bonds. The first-order valence-electron chi connectivity index (χ1n) is 7.11. The Kier molecular flexibility index (Phi) is 4.25. The van der Waals surface area contributed by atoms with Gasteiger partial charge in [0.05, 0.1) is 5.92 Å². The van der Waals surface area contributed by atoms with Gasteiger partial charge in [-0.1, -0.05) is 19.8 Å². The summed E-state index contributed by atoms with van der Waals surface area (Å²) < 4.78 is 0. The maximum Gasteiger partial charge on any atom is 0.306 e. The minimum Gasteiger partial charge on any atom is -0.481 e. The lowest BCUT2D eigenvalue weighted by molar-refractivity contribution is -0.141. The van der Waals surface area contributed by atoms with Gasteiger partial charge < -0.3 is 10.4 Å². The van der Waals surface area contributed by atoms with Crippen molar-refractivity contribution in [2.24, 2.45) is 17.8 Å². The van der Waals surface area contributed by atoms with Crippen LogP contribution in [0, 0.1) is 17.8 Å². The van der Waals surface area contributed by atoms with Gasteiger partial charge >= 0.3 is 5.97 Å². The number of amides is 1. The zero-order valence-electron chi connectivity index (χ0n) is 11.0. The number of carboxylic acids is 1. The number of nitrogens with one attached hydrogen (secondary N) is 1. The lowest BCUT2D eigenvalue weighted by Crippen LogP contribution is -2.40. The third-order valence-corrected chi connectivity index (χ3v) is 4.58. The van der Waals surface area contributed by atoms with E-state index in [1.54, 1.807) is 0 Å². The molecule has 2 saturated carbocycles. The van der Waals surface area contributed by atoms with Crippen LogP contribution in [0.5, 0.6) is 0 Å². The molecule has 2 rings (SSSR count). The van der Waals surface area contributed by atoms with Crippen LogP contribution in [0.1, 0.15) is 51.9 Å². The van der Waals surface area contributed by atoms with Crippen LogP contribution in [0.3, 0.4) is 0 Å². The number of aliphatic carboxylic acids is 1. The molecule has 4 atom stereocenters. The fraction of sp³-hybridized carbons (Fsp3) is 0.857. The minimum absolute atomic E-state index is 0.0766. The predicted octanol–water partition coefficient (Wildman–Crippen LogP) is 2.18. The lowest BCUT2D eigenvalue weighted by atomic mass is 9.80. The van der Waals surface area contributed by atoms with E-state index in [1.807, 2.05) is 0 Å². The molecule has 2 unspecified atom stereocenters. The topological polar surface area (TPSA) is 66.4 Å². The summed E-state index contributed by atoms with van der Waals surface area (Å²) in [5.41, 5.74) is 0. The van der Waals surface area contributed by atoms with E-state index in [0.717, 1.165) is 25.7 Å².